The van der Waals surface area contributed by atoms with E-state index in [1.807, 2.05) is 30.3 Å². The van der Waals surface area contributed by atoms with Crippen LogP contribution in [0.15, 0.2) is 36.5 Å². The highest BCUT2D eigenvalue weighted by molar-refractivity contribution is 6.07. The van der Waals surface area contributed by atoms with Gasteiger partial charge in [0.15, 0.2) is 0 Å². The molecule has 0 saturated carbocycles. The van der Waals surface area contributed by atoms with E-state index >= 15 is 0 Å². The number of benzene rings is 1. The third-order valence-corrected chi connectivity index (χ3v) is 5.20. The number of pyridine rings is 1. The summed E-state index contributed by atoms with van der Waals surface area (Å²) in [6, 6.07) is 9.92. The molecule has 130 valence electrons. The molecule has 2 aromatic heterocycles. The van der Waals surface area contributed by atoms with Crippen LogP contribution >= 0.6 is 0 Å². The highest BCUT2D eigenvalue weighted by atomic mass is 16.1. The Hall–Kier alpha value is -2.40. The summed E-state index contributed by atoms with van der Waals surface area (Å²) in [5, 5.41) is 5.12. The van der Waals surface area contributed by atoms with Gasteiger partial charge in [-0.05, 0) is 44.0 Å². The van der Waals surface area contributed by atoms with E-state index in [2.05, 4.69) is 27.1 Å². The fourth-order valence-corrected chi connectivity index (χ4v) is 3.57. The van der Waals surface area contributed by atoms with Crippen molar-refractivity contribution in [3.63, 3.8) is 0 Å². The Morgan fingerprint density at radius 1 is 1.28 bits per heavy atom. The van der Waals surface area contributed by atoms with Gasteiger partial charge in [0.25, 0.3) is 5.91 Å². The summed E-state index contributed by atoms with van der Waals surface area (Å²) in [6.07, 6.45) is 4.30. The number of nitrogens with one attached hydrogen (secondary N) is 2. The van der Waals surface area contributed by atoms with Crippen LogP contribution in [-0.4, -0.2) is 47.0 Å². The van der Waals surface area contributed by atoms with E-state index in [0.29, 0.717) is 12.2 Å². The average Bonchev–Trinajstić information content (AvgIpc) is 3.08. The summed E-state index contributed by atoms with van der Waals surface area (Å²) in [5.41, 5.74) is 2.43. The van der Waals surface area contributed by atoms with Crippen LogP contribution in [0.4, 0.5) is 0 Å². The highest BCUT2D eigenvalue weighted by Crippen LogP contribution is 2.23. The SMILES string of the molecule is CC1CCN(CCNC(=O)c2cc3ccc4cccnc4c3[nH]2)CC1. The molecule has 25 heavy (non-hydrogen) atoms. The third-order valence-electron chi connectivity index (χ3n) is 5.20. The molecule has 2 N–H and O–H groups in total. The number of rotatable bonds is 4. The molecule has 0 aliphatic carbocycles. The Bertz CT molecular complexity index is 893. The average molecular weight is 336 g/mol. The number of carbonyl (C=O) groups is 1. The van der Waals surface area contributed by atoms with Crippen LogP contribution in [0.25, 0.3) is 21.8 Å². The topological polar surface area (TPSA) is 61.0 Å². The second-order valence-electron chi connectivity index (χ2n) is 7.07. The molecule has 1 saturated heterocycles. The first-order valence-corrected chi connectivity index (χ1v) is 9.08. The van der Waals surface area contributed by atoms with Crippen molar-refractivity contribution < 1.29 is 4.79 Å². The zero-order valence-electron chi connectivity index (χ0n) is 14.6. The molecule has 1 aliphatic rings. The van der Waals surface area contributed by atoms with Crippen LogP contribution in [-0.2, 0) is 0 Å². The van der Waals surface area contributed by atoms with E-state index in [1.165, 1.54) is 12.8 Å². The smallest absolute Gasteiger partial charge is 0.267 e. The molecule has 1 fully saturated rings. The van der Waals surface area contributed by atoms with E-state index in [1.54, 1.807) is 6.20 Å². The van der Waals surface area contributed by atoms with Gasteiger partial charge in [-0.1, -0.05) is 25.1 Å². The summed E-state index contributed by atoms with van der Waals surface area (Å²) in [5.74, 6) is 0.784. The largest absolute Gasteiger partial charge is 0.349 e. The molecule has 0 spiro atoms. The number of likely N-dealkylation sites (tertiary alicyclic amines) is 1. The molecule has 1 amide bonds. The molecule has 0 unspecified atom stereocenters. The third kappa shape index (κ3) is 3.37. The van der Waals surface area contributed by atoms with Crippen LogP contribution in [0.5, 0.6) is 0 Å². The van der Waals surface area contributed by atoms with E-state index in [-0.39, 0.29) is 5.91 Å². The summed E-state index contributed by atoms with van der Waals surface area (Å²) < 4.78 is 0. The normalized spacial score (nSPS) is 16.5. The molecule has 1 aliphatic heterocycles. The van der Waals surface area contributed by atoms with Crippen molar-refractivity contribution in [3.8, 4) is 0 Å². The Morgan fingerprint density at radius 2 is 2.08 bits per heavy atom. The first-order valence-electron chi connectivity index (χ1n) is 9.08. The van der Waals surface area contributed by atoms with Crippen molar-refractivity contribution in [2.45, 2.75) is 19.8 Å². The number of piperidine rings is 1. The van der Waals surface area contributed by atoms with E-state index in [9.17, 15) is 4.79 Å². The first kappa shape index (κ1) is 16.1. The molecular formula is C20H24N4O. The van der Waals surface area contributed by atoms with Gasteiger partial charge in [-0.25, -0.2) is 0 Å². The van der Waals surface area contributed by atoms with Crippen molar-refractivity contribution in [3.05, 3.63) is 42.2 Å². The van der Waals surface area contributed by atoms with Crippen molar-refractivity contribution in [1.82, 2.24) is 20.2 Å². The van der Waals surface area contributed by atoms with E-state index < -0.39 is 0 Å². The molecule has 0 atom stereocenters. The number of aromatic nitrogens is 2. The minimum atomic E-state index is -0.0503. The Balaban J connectivity index is 1.42. The maximum atomic E-state index is 12.5. The number of amides is 1. The highest BCUT2D eigenvalue weighted by Gasteiger charge is 2.16. The molecule has 4 rings (SSSR count). The second kappa shape index (κ2) is 6.84. The van der Waals surface area contributed by atoms with Gasteiger partial charge in [0.2, 0.25) is 0 Å². The fourth-order valence-electron chi connectivity index (χ4n) is 3.57. The van der Waals surface area contributed by atoms with Crippen LogP contribution in [0, 0.1) is 5.92 Å². The Kier molecular flexibility index (Phi) is 4.40. The molecular weight excluding hydrogens is 312 g/mol. The molecule has 1 aromatic carbocycles. The lowest BCUT2D eigenvalue weighted by Crippen LogP contribution is -2.39. The maximum Gasteiger partial charge on any atom is 0.267 e. The summed E-state index contributed by atoms with van der Waals surface area (Å²) in [4.78, 5) is 22.6. The Morgan fingerprint density at radius 3 is 2.92 bits per heavy atom. The summed E-state index contributed by atoms with van der Waals surface area (Å²) >= 11 is 0. The second-order valence-corrected chi connectivity index (χ2v) is 7.07. The monoisotopic (exact) mass is 336 g/mol. The lowest BCUT2D eigenvalue weighted by molar-refractivity contribution is 0.0940. The zero-order valence-corrected chi connectivity index (χ0v) is 14.6. The van der Waals surface area contributed by atoms with E-state index in [4.69, 9.17) is 0 Å². The predicted molar refractivity (Wildman–Crippen MR) is 101 cm³/mol. The van der Waals surface area contributed by atoms with Gasteiger partial charge >= 0.3 is 0 Å². The van der Waals surface area contributed by atoms with Gasteiger partial charge in [-0.2, -0.15) is 0 Å². The maximum absolute atomic E-state index is 12.5. The molecule has 3 heterocycles. The van der Waals surface area contributed by atoms with Crippen LogP contribution in [0.1, 0.15) is 30.3 Å². The zero-order chi connectivity index (χ0) is 17.2. The number of fused-ring (bicyclic) bond motifs is 3. The number of hydrogen-bond acceptors (Lipinski definition) is 3. The van der Waals surface area contributed by atoms with Crippen molar-refractivity contribution in [2.24, 2.45) is 5.92 Å². The van der Waals surface area contributed by atoms with Gasteiger partial charge in [0.05, 0.1) is 11.0 Å². The van der Waals surface area contributed by atoms with Crippen LogP contribution in [0.2, 0.25) is 0 Å². The summed E-state index contributed by atoms with van der Waals surface area (Å²) in [7, 11) is 0. The number of hydrogen-bond donors (Lipinski definition) is 2. The molecule has 0 bridgehead atoms. The lowest BCUT2D eigenvalue weighted by Gasteiger charge is -2.30. The first-order chi connectivity index (χ1) is 12.2. The fraction of sp³-hybridized carbons (Fsp3) is 0.400. The minimum absolute atomic E-state index is 0.0503. The number of nitrogens with zero attached hydrogens (tertiary/aromatic N) is 2. The standard InChI is InChI=1S/C20H24N4O/c1-14-6-10-24(11-7-14)12-9-22-20(25)17-13-16-5-4-15-3-2-8-21-18(15)19(16)23-17/h2-5,8,13-14,23H,6-7,9-12H2,1H3,(H,22,25). The quantitative estimate of drug-likeness (QED) is 0.769. The number of carbonyl (C=O) groups excluding carboxylic acids is 1. The predicted octanol–water partition coefficient (Wildman–Crippen LogP) is 3.18. The van der Waals surface area contributed by atoms with Gasteiger partial charge in [-0.3, -0.25) is 9.78 Å². The molecule has 5 heteroatoms. The van der Waals surface area contributed by atoms with Gasteiger partial charge in [-0.15, -0.1) is 0 Å². The minimum Gasteiger partial charge on any atom is -0.349 e. The number of aromatic amines is 1. The van der Waals surface area contributed by atoms with Gasteiger partial charge < -0.3 is 15.2 Å². The Labute approximate surface area is 147 Å². The van der Waals surface area contributed by atoms with Crippen LogP contribution in [0.3, 0.4) is 0 Å². The summed E-state index contributed by atoms with van der Waals surface area (Å²) in [6.45, 7) is 6.19. The van der Waals surface area contributed by atoms with Crippen molar-refractivity contribution in [2.75, 3.05) is 26.2 Å². The van der Waals surface area contributed by atoms with Crippen LogP contribution < -0.4 is 5.32 Å². The molecule has 5 nitrogen and oxygen atoms in total. The van der Waals surface area contributed by atoms with Crippen molar-refractivity contribution >= 4 is 27.7 Å². The molecule has 3 aromatic rings. The lowest BCUT2D eigenvalue weighted by atomic mass is 9.99. The van der Waals surface area contributed by atoms with E-state index in [0.717, 1.165) is 47.4 Å². The van der Waals surface area contributed by atoms with Gasteiger partial charge in [0, 0.05) is 30.1 Å². The number of H-pyrrole nitrogens is 1. The van der Waals surface area contributed by atoms with Gasteiger partial charge in [0.1, 0.15) is 5.69 Å². The molecule has 0 radical (unpaired) electrons. The van der Waals surface area contributed by atoms with Crippen molar-refractivity contribution in [1.29, 1.82) is 0 Å².